The highest BCUT2D eigenvalue weighted by Crippen LogP contribution is 2.04. The SMILES string of the molecule is CCC(=[C]CCN)CC. The van der Waals surface area contributed by atoms with E-state index in [1.165, 1.54) is 5.57 Å². The Morgan fingerprint density at radius 3 is 2.22 bits per heavy atom. The monoisotopic (exact) mass is 126 g/mol. The topological polar surface area (TPSA) is 26.0 Å². The van der Waals surface area contributed by atoms with E-state index in [0.29, 0.717) is 0 Å². The minimum atomic E-state index is 0.726. The van der Waals surface area contributed by atoms with Gasteiger partial charge >= 0.3 is 0 Å². The molecule has 0 fully saturated rings. The van der Waals surface area contributed by atoms with Gasteiger partial charge in [-0.15, -0.1) is 0 Å². The molecule has 9 heavy (non-hydrogen) atoms. The molecule has 0 unspecified atom stereocenters. The van der Waals surface area contributed by atoms with Crippen LogP contribution in [0.15, 0.2) is 5.57 Å². The third-order valence-electron chi connectivity index (χ3n) is 1.37. The van der Waals surface area contributed by atoms with Gasteiger partial charge in [0.25, 0.3) is 0 Å². The first kappa shape index (κ1) is 8.70. The van der Waals surface area contributed by atoms with Gasteiger partial charge in [0.1, 0.15) is 0 Å². The first-order valence-corrected chi connectivity index (χ1v) is 3.63. The molecule has 0 aromatic heterocycles. The maximum absolute atomic E-state index is 5.31. The zero-order valence-corrected chi connectivity index (χ0v) is 6.41. The average Bonchev–Trinajstić information content (AvgIpc) is 1.91. The Morgan fingerprint density at radius 1 is 1.33 bits per heavy atom. The molecule has 0 rings (SSSR count). The Balaban J connectivity index is 3.48. The van der Waals surface area contributed by atoms with Crippen molar-refractivity contribution in [2.75, 3.05) is 6.54 Å². The molecule has 0 atom stereocenters. The minimum Gasteiger partial charge on any atom is -0.330 e. The van der Waals surface area contributed by atoms with Gasteiger partial charge in [0.05, 0.1) is 0 Å². The van der Waals surface area contributed by atoms with E-state index in [0.717, 1.165) is 25.8 Å². The van der Waals surface area contributed by atoms with Gasteiger partial charge in [0.2, 0.25) is 0 Å². The van der Waals surface area contributed by atoms with E-state index >= 15 is 0 Å². The van der Waals surface area contributed by atoms with Crippen molar-refractivity contribution in [2.24, 2.45) is 5.73 Å². The second-order valence-corrected chi connectivity index (χ2v) is 2.03. The summed E-state index contributed by atoms with van der Waals surface area (Å²) in [6, 6.07) is 0. The van der Waals surface area contributed by atoms with Crippen molar-refractivity contribution in [3.8, 4) is 0 Å². The van der Waals surface area contributed by atoms with Crippen LogP contribution in [0.2, 0.25) is 0 Å². The molecule has 0 bridgehead atoms. The molecule has 0 aliphatic rings. The molecule has 0 heterocycles. The van der Waals surface area contributed by atoms with Gasteiger partial charge in [-0.05, 0) is 31.9 Å². The number of allylic oxidation sites excluding steroid dienone is 1. The normalized spacial score (nSPS) is 9.22. The lowest BCUT2D eigenvalue weighted by molar-refractivity contribution is 0.906. The molecule has 0 spiro atoms. The van der Waals surface area contributed by atoms with Crippen LogP contribution in [0.25, 0.3) is 0 Å². The Morgan fingerprint density at radius 2 is 1.89 bits per heavy atom. The van der Waals surface area contributed by atoms with Crippen molar-refractivity contribution >= 4 is 0 Å². The summed E-state index contributed by atoms with van der Waals surface area (Å²) in [7, 11) is 0. The van der Waals surface area contributed by atoms with E-state index in [1.54, 1.807) is 0 Å². The van der Waals surface area contributed by atoms with Gasteiger partial charge in [-0.2, -0.15) is 0 Å². The number of hydrogen-bond acceptors (Lipinski definition) is 1. The zero-order valence-electron chi connectivity index (χ0n) is 6.41. The fourth-order valence-corrected chi connectivity index (χ4v) is 0.749. The lowest BCUT2D eigenvalue weighted by atomic mass is 10.1. The highest BCUT2D eigenvalue weighted by Gasteiger charge is 1.87. The molecule has 0 aromatic rings. The Labute approximate surface area is 57.9 Å². The minimum absolute atomic E-state index is 0.726. The predicted octanol–water partition coefficient (Wildman–Crippen LogP) is 1.88. The molecular formula is C8H16N. The Hall–Kier alpha value is -0.300. The molecule has 53 valence electrons. The van der Waals surface area contributed by atoms with Crippen LogP contribution in [0.4, 0.5) is 0 Å². The summed E-state index contributed by atoms with van der Waals surface area (Å²) in [4.78, 5) is 0. The van der Waals surface area contributed by atoms with Crippen molar-refractivity contribution in [1.82, 2.24) is 0 Å². The molecule has 0 saturated carbocycles. The second kappa shape index (κ2) is 5.83. The van der Waals surface area contributed by atoms with Crippen LogP contribution in [-0.2, 0) is 0 Å². The zero-order chi connectivity index (χ0) is 7.11. The molecule has 1 heteroatoms. The highest BCUT2D eigenvalue weighted by molar-refractivity contribution is 4.94. The fraction of sp³-hybridized carbons (Fsp3) is 0.750. The van der Waals surface area contributed by atoms with Crippen LogP contribution < -0.4 is 5.73 Å². The van der Waals surface area contributed by atoms with E-state index in [9.17, 15) is 0 Å². The largest absolute Gasteiger partial charge is 0.330 e. The van der Waals surface area contributed by atoms with E-state index in [1.807, 2.05) is 0 Å². The third-order valence-corrected chi connectivity index (χ3v) is 1.37. The van der Waals surface area contributed by atoms with Crippen LogP contribution in [0, 0.1) is 6.08 Å². The van der Waals surface area contributed by atoms with E-state index in [-0.39, 0.29) is 0 Å². The molecule has 0 aliphatic heterocycles. The summed E-state index contributed by atoms with van der Waals surface area (Å²) < 4.78 is 0. The maximum atomic E-state index is 5.31. The Kier molecular flexibility index (Phi) is 5.64. The number of hydrogen-bond donors (Lipinski definition) is 1. The van der Waals surface area contributed by atoms with Crippen LogP contribution >= 0.6 is 0 Å². The molecular weight excluding hydrogens is 110 g/mol. The molecule has 2 N–H and O–H groups in total. The van der Waals surface area contributed by atoms with Gasteiger partial charge in [0.15, 0.2) is 0 Å². The van der Waals surface area contributed by atoms with Crippen molar-refractivity contribution in [2.45, 2.75) is 33.1 Å². The lowest BCUT2D eigenvalue weighted by Crippen LogP contribution is -1.96. The van der Waals surface area contributed by atoms with Crippen molar-refractivity contribution < 1.29 is 0 Å². The Bertz CT molecular complexity index is 78.6. The highest BCUT2D eigenvalue weighted by atomic mass is 14.5. The molecule has 1 radical (unpaired) electrons. The molecule has 0 aromatic carbocycles. The smallest absolute Gasteiger partial charge is 0.00366 e. The summed E-state index contributed by atoms with van der Waals surface area (Å²) in [6.45, 7) is 5.04. The summed E-state index contributed by atoms with van der Waals surface area (Å²) >= 11 is 0. The fourth-order valence-electron chi connectivity index (χ4n) is 0.749. The van der Waals surface area contributed by atoms with Crippen LogP contribution in [0.3, 0.4) is 0 Å². The summed E-state index contributed by atoms with van der Waals surface area (Å²) in [5.74, 6) is 0. The average molecular weight is 126 g/mol. The first-order valence-electron chi connectivity index (χ1n) is 3.63. The third kappa shape index (κ3) is 4.22. The quantitative estimate of drug-likeness (QED) is 0.611. The standard InChI is InChI=1S/C8H16N/c1-3-8(4-2)6-5-7-9/h3-5,7,9H2,1-2H3. The van der Waals surface area contributed by atoms with Crippen LogP contribution in [0.5, 0.6) is 0 Å². The van der Waals surface area contributed by atoms with E-state index in [2.05, 4.69) is 19.9 Å². The van der Waals surface area contributed by atoms with Crippen molar-refractivity contribution in [3.05, 3.63) is 11.6 Å². The van der Waals surface area contributed by atoms with Crippen molar-refractivity contribution in [1.29, 1.82) is 0 Å². The molecule has 0 amide bonds. The summed E-state index contributed by atoms with van der Waals surface area (Å²) in [5.41, 5.74) is 6.71. The van der Waals surface area contributed by atoms with E-state index in [4.69, 9.17) is 5.73 Å². The van der Waals surface area contributed by atoms with Gasteiger partial charge in [-0.25, -0.2) is 0 Å². The maximum Gasteiger partial charge on any atom is -0.00366 e. The van der Waals surface area contributed by atoms with Gasteiger partial charge in [0, 0.05) is 0 Å². The predicted molar refractivity (Wildman–Crippen MR) is 41.0 cm³/mol. The van der Waals surface area contributed by atoms with Crippen LogP contribution in [0.1, 0.15) is 33.1 Å². The van der Waals surface area contributed by atoms with Crippen LogP contribution in [-0.4, -0.2) is 6.54 Å². The second-order valence-electron chi connectivity index (χ2n) is 2.03. The number of nitrogens with two attached hydrogens (primary N) is 1. The molecule has 1 nitrogen and oxygen atoms in total. The van der Waals surface area contributed by atoms with Gasteiger partial charge in [-0.3, -0.25) is 0 Å². The lowest BCUT2D eigenvalue weighted by Gasteiger charge is -1.96. The van der Waals surface area contributed by atoms with Gasteiger partial charge in [-0.1, -0.05) is 19.4 Å². The molecule has 0 saturated heterocycles. The van der Waals surface area contributed by atoms with Gasteiger partial charge < -0.3 is 5.73 Å². The van der Waals surface area contributed by atoms with E-state index < -0.39 is 0 Å². The summed E-state index contributed by atoms with van der Waals surface area (Å²) in [5, 5.41) is 0. The number of rotatable bonds is 4. The molecule has 0 aliphatic carbocycles. The first-order chi connectivity index (χ1) is 4.35. The summed E-state index contributed by atoms with van der Waals surface area (Å²) in [6.07, 6.45) is 6.42. The van der Waals surface area contributed by atoms with Crippen molar-refractivity contribution in [3.63, 3.8) is 0 Å².